The van der Waals surface area contributed by atoms with Crippen LogP contribution in [0.25, 0.3) is 0 Å². The van der Waals surface area contributed by atoms with E-state index >= 15 is 0 Å². The van der Waals surface area contributed by atoms with Crippen LogP contribution >= 0.6 is 0 Å². The van der Waals surface area contributed by atoms with Gasteiger partial charge in [0.2, 0.25) is 0 Å². The largest absolute Gasteiger partial charge is 0.494 e. The Morgan fingerprint density at radius 3 is 2.60 bits per heavy atom. The molecule has 0 atom stereocenters. The Morgan fingerprint density at radius 1 is 1.28 bits per heavy atom. The maximum Gasteiger partial charge on any atom is 0.321 e. The van der Waals surface area contributed by atoms with Crippen LogP contribution in [-0.2, 0) is 5.60 Å². The first kappa shape index (κ1) is 17.2. The van der Waals surface area contributed by atoms with Gasteiger partial charge in [0.25, 0.3) is 0 Å². The van der Waals surface area contributed by atoms with Crippen molar-refractivity contribution in [1.29, 1.82) is 0 Å². The van der Waals surface area contributed by atoms with Gasteiger partial charge in [-0.05, 0) is 50.1 Å². The number of hydrogen-bond acceptors (Lipinski definition) is 4. The average molecular weight is 341 g/mol. The van der Waals surface area contributed by atoms with Crippen molar-refractivity contribution in [1.82, 2.24) is 9.88 Å². The number of piperidine rings is 1. The molecule has 2 aromatic rings. The van der Waals surface area contributed by atoms with Gasteiger partial charge in [-0.2, -0.15) is 0 Å². The van der Waals surface area contributed by atoms with Crippen molar-refractivity contribution in [3.63, 3.8) is 0 Å². The van der Waals surface area contributed by atoms with Crippen molar-refractivity contribution in [3.8, 4) is 5.75 Å². The summed E-state index contributed by atoms with van der Waals surface area (Å²) in [6.07, 6.45) is 4.37. The summed E-state index contributed by atoms with van der Waals surface area (Å²) < 4.78 is 5.39. The smallest absolute Gasteiger partial charge is 0.321 e. The van der Waals surface area contributed by atoms with Crippen LogP contribution in [-0.4, -0.2) is 40.7 Å². The number of ether oxygens (including phenoxy) is 1. The van der Waals surface area contributed by atoms with Gasteiger partial charge in [-0.15, -0.1) is 0 Å². The predicted molar refractivity (Wildman–Crippen MR) is 95.6 cm³/mol. The molecule has 6 heteroatoms. The first-order chi connectivity index (χ1) is 12.1. The zero-order valence-electron chi connectivity index (χ0n) is 14.3. The molecule has 0 aliphatic carbocycles. The number of aliphatic hydroxyl groups is 1. The van der Waals surface area contributed by atoms with Gasteiger partial charge >= 0.3 is 6.03 Å². The maximum absolute atomic E-state index is 12.4. The van der Waals surface area contributed by atoms with Gasteiger partial charge in [-0.1, -0.05) is 6.07 Å². The number of benzene rings is 1. The maximum atomic E-state index is 12.4. The van der Waals surface area contributed by atoms with Crippen molar-refractivity contribution in [2.75, 3.05) is 25.0 Å². The molecule has 1 aromatic carbocycles. The minimum absolute atomic E-state index is 0.155. The highest BCUT2D eigenvalue weighted by Crippen LogP contribution is 2.32. The number of carbonyl (C=O) groups excluding carboxylic acids is 1. The van der Waals surface area contributed by atoms with Crippen LogP contribution in [0, 0.1) is 0 Å². The van der Waals surface area contributed by atoms with Crippen LogP contribution in [0.3, 0.4) is 0 Å². The summed E-state index contributed by atoms with van der Waals surface area (Å²) in [5, 5.41) is 13.7. The summed E-state index contributed by atoms with van der Waals surface area (Å²) in [5.41, 5.74) is 0.618. The molecule has 2 amide bonds. The second-order valence-electron chi connectivity index (χ2n) is 6.15. The highest BCUT2D eigenvalue weighted by molar-refractivity contribution is 5.89. The fourth-order valence-electron chi connectivity index (χ4n) is 3.01. The number of rotatable bonds is 4. The Balaban J connectivity index is 1.56. The molecule has 0 spiro atoms. The third-order valence-electron chi connectivity index (χ3n) is 4.49. The molecule has 1 fully saturated rings. The zero-order chi connectivity index (χ0) is 17.7. The molecule has 0 bridgehead atoms. The quantitative estimate of drug-likeness (QED) is 0.896. The number of anilines is 1. The normalized spacial score (nSPS) is 16.3. The van der Waals surface area contributed by atoms with E-state index in [0.29, 0.717) is 32.5 Å². The second-order valence-corrected chi connectivity index (χ2v) is 6.15. The molecule has 25 heavy (non-hydrogen) atoms. The van der Waals surface area contributed by atoms with E-state index in [2.05, 4.69) is 10.3 Å². The number of aromatic nitrogens is 1. The molecule has 0 unspecified atom stereocenters. The highest BCUT2D eigenvalue weighted by atomic mass is 16.5. The first-order valence-electron chi connectivity index (χ1n) is 8.52. The lowest BCUT2D eigenvalue weighted by Crippen LogP contribution is -2.46. The highest BCUT2D eigenvalue weighted by Gasteiger charge is 2.35. The Bertz CT molecular complexity index is 696. The van der Waals surface area contributed by atoms with Crippen molar-refractivity contribution >= 4 is 11.7 Å². The van der Waals surface area contributed by atoms with Crippen molar-refractivity contribution in [2.45, 2.75) is 25.4 Å². The molecule has 2 heterocycles. The van der Waals surface area contributed by atoms with E-state index in [1.807, 2.05) is 43.3 Å². The Kier molecular flexibility index (Phi) is 5.19. The van der Waals surface area contributed by atoms with Crippen LogP contribution in [0.1, 0.15) is 25.3 Å². The lowest BCUT2D eigenvalue weighted by Gasteiger charge is -2.38. The second kappa shape index (κ2) is 7.53. The number of likely N-dealkylation sites (tertiary alicyclic amines) is 1. The number of carbonyl (C=O) groups is 1. The van der Waals surface area contributed by atoms with E-state index in [4.69, 9.17) is 4.74 Å². The molecule has 0 saturated carbocycles. The molecule has 1 saturated heterocycles. The standard InChI is InChI=1S/C19H23N3O3/c1-2-25-17-7-5-16(6-8-17)21-18(23)22-12-9-19(24,10-13-22)15-4-3-11-20-14-15/h3-8,11,14,24H,2,9-10,12-13H2,1H3,(H,21,23). The molecular formula is C19H23N3O3. The van der Waals surface area contributed by atoms with E-state index in [9.17, 15) is 9.90 Å². The molecule has 2 N–H and O–H groups in total. The van der Waals surface area contributed by atoms with Crippen molar-refractivity contribution in [3.05, 3.63) is 54.4 Å². The minimum atomic E-state index is -0.913. The van der Waals surface area contributed by atoms with Gasteiger partial charge in [-0.25, -0.2) is 4.79 Å². The SMILES string of the molecule is CCOc1ccc(NC(=O)N2CCC(O)(c3cccnc3)CC2)cc1. The summed E-state index contributed by atoms with van der Waals surface area (Å²) in [6, 6.07) is 10.8. The van der Waals surface area contributed by atoms with E-state index in [1.54, 1.807) is 17.3 Å². The number of nitrogens with zero attached hydrogens (tertiary/aromatic N) is 2. The van der Waals surface area contributed by atoms with Crippen LogP contribution < -0.4 is 10.1 Å². The van der Waals surface area contributed by atoms with Gasteiger partial charge < -0.3 is 20.1 Å². The van der Waals surface area contributed by atoms with Gasteiger partial charge in [-0.3, -0.25) is 4.98 Å². The zero-order valence-corrected chi connectivity index (χ0v) is 14.3. The molecule has 1 aliphatic rings. The lowest BCUT2D eigenvalue weighted by molar-refractivity contribution is -0.0159. The first-order valence-corrected chi connectivity index (χ1v) is 8.52. The number of urea groups is 1. The summed E-state index contributed by atoms with van der Waals surface area (Å²) in [5.74, 6) is 0.778. The number of amides is 2. The Morgan fingerprint density at radius 2 is 2.00 bits per heavy atom. The topological polar surface area (TPSA) is 74.7 Å². The van der Waals surface area contributed by atoms with E-state index in [-0.39, 0.29) is 6.03 Å². The minimum Gasteiger partial charge on any atom is -0.494 e. The van der Waals surface area contributed by atoms with Crippen LogP contribution in [0.2, 0.25) is 0 Å². The average Bonchev–Trinajstić information content (AvgIpc) is 2.65. The van der Waals surface area contributed by atoms with Crippen LogP contribution in [0.15, 0.2) is 48.8 Å². The Hall–Kier alpha value is -2.60. The van der Waals surface area contributed by atoms with Crippen molar-refractivity contribution < 1.29 is 14.6 Å². The van der Waals surface area contributed by atoms with Crippen LogP contribution in [0.4, 0.5) is 10.5 Å². The third kappa shape index (κ3) is 4.09. The summed E-state index contributed by atoms with van der Waals surface area (Å²) in [7, 11) is 0. The van der Waals surface area contributed by atoms with E-state index < -0.39 is 5.60 Å². The molecule has 6 nitrogen and oxygen atoms in total. The van der Waals surface area contributed by atoms with Gasteiger partial charge in [0, 0.05) is 36.7 Å². The number of pyridine rings is 1. The molecule has 132 valence electrons. The Labute approximate surface area is 147 Å². The van der Waals surface area contributed by atoms with Gasteiger partial charge in [0.15, 0.2) is 0 Å². The van der Waals surface area contributed by atoms with Crippen LogP contribution in [0.5, 0.6) is 5.75 Å². The summed E-state index contributed by atoms with van der Waals surface area (Å²) in [4.78, 5) is 18.2. The predicted octanol–water partition coefficient (Wildman–Crippen LogP) is 3.00. The summed E-state index contributed by atoms with van der Waals surface area (Å²) >= 11 is 0. The van der Waals surface area contributed by atoms with E-state index in [1.165, 1.54) is 0 Å². The molecule has 1 aliphatic heterocycles. The van der Waals surface area contributed by atoms with Gasteiger partial charge in [0.05, 0.1) is 12.2 Å². The number of hydrogen-bond donors (Lipinski definition) is 2. The van der Waals surface area contributed by atoms with E-state index in [0.717, 1.165) is 17.0 Å². The van der Waals surface area contributed by atoms with Crippen molar-refractivity contribution in [2.24, 2.45) is 0 Å². The third-order valence-corrected chi connectivity index (χ3v) is 4.49. The summed E-state index contributed by atoms with van der Waals surface area (Å²) in [6.45, 7) is 3.53. The molecule has 1 aromatic heterocycles. The lowest BCUT2D eigenvalue weighted by atomic mass is 9.85. The fourth-order valence-corrected chi connectivity index (χ4v) is 3.01. The number of nitrogens with one attached hydrogen (secondary N) is 1. The molecule has 3 rings (SSSR count). The molecule has 0 radical (unpaired) electrons. The molecular weight excluding hydrogens is 318 g/mol. The fraction of sp³-hybridized carbons (Fsp3) is 0.368. The monoisotopic (exact) mass is 341 g/mol. The van der Waals surface area contributed by atoms with Gasteiger partial charge in [0.1, 0.15) is 5.75 Å².